The van der Waals surface area contributed by atoms with Gasteiger partial charge in [-0.1, -0.05) is 6.92 Å². The standard InChI is InChI=1S/C7H14N2O2/c1-5(2-8)7(10)9-6-3-11-4-6/h5-6H,2-4,8H2,1H3,(H,9,10). The minimum absolute atomic E-state index is 0.0285. The Morgan fingerprint density at radius 3 is 2.82 bits per heavy atom. The molecule has 0 bridgehead atoms. The summed E-state index contributed by atoms with van der Waals surface area (Å²) in [5, 5.41) is 2.82. The van der Waals surface area contributed by atoms with Crippen LogP contribution in [0.1, 0.15) is 6.92 Å². The van der Waals surface area contributed by atoms with Crippen LogP contribution in [0, 0.1) is 5.92 Å². The fourth-order valence-electron chi connectivity index (χ4n) is 0.770. The van der Waals surface area contributed by atoms with Crippen LogP contribution in [0.15, 0.2) is 0 Å². The minimum Gasteiger partial charge on any atom is -0.377 e. The molecule has 11 heavy (non-hydrogen) atoms. The Morgan fingerprint density at radius 2 is 2.45 bits per heavy atom. The van der Waals surface area contributed by atoms with Crippen molar-refractivity contribution in [2.24, 2.45) is 11.7 Å². The molecular weight excluding hydrogens is 144 g/mol. The fraction of sp³-hybridized carbons (Fsp3) is 0.857. The Morgan fingerprint density at radius 1 is 1.82 bits per heavy atom. The molecule has 1 atom stereocenters. The zero-order chi connectivity index (χ0) is 8.27. The van der Waals surface area contributed by atoms with Gasteiger partial charge in [-0.25, -0.2) is 0 Å². The smallest absolute Gasteiger partial charge is 0.224 e. The number of hydrogen-bond donors (Lipinski definition) is 2. The van der Waals surface area contributed by atoms with Crippen LogP contribution >= 0.6 is 0 Å². The molecule has 1 aliphatic heterocycles. The maximum Gasteiger partial charge on any atom is 0.224 e. The molecule has 0 saturated carbocycles. The zero-order valence-electron chi connectivity index (χ0n) is 6.67. The second kappa shape index (κ2) is 3.69. The van der Waals surface area contributed by atoms with Gasteiger partial charge in [0, 0.05) is 12.5 Å². The molecule has 64 valence electrons. The number of carbonyl (C=O) groups excluding carboxylic acids is 1. The lowest BCUT2D eigenvalue weighted by Crippen LogP contribution is -2.50. The number of nitrogens with two attached hydrogens (primary N) is 1. The summed E-state index contributed by atoms with van der Waals surface area (Å²) in [6.45, 7) is 3.50. The molecule has 0 aromatic heterocycles. The van der Waals surface area contributed by atoms with Gasteiger partial charge in [0.25, 0.3) is 0 Å². The van der Waals surface area contributed by atoms with Gasteiger partial charge in [0.15, 0.2) is 0 Å². The van der Waals surface area contributed by atoms with Gasteiger partial charge < -0.3 is 15.8 Å². The highest BCUT2D eigenvalue weighted by Gasteiger charge is 2.22. The number of ether oxygens (including phenoxy) is 1. The molecule has 1 rings (SSSR count). The van der Waals surface area contributed by atoms with Crippen LogP contribution in [0.5, 0.6) is 0 Å². The predicted octanol–water partition coefficient (Wildman–Crippen LogP) is -0.904. The normalized spacial score (nSPS) is 20.5. The van der Waals surface area contributed by atoms with Gasteiger partial charge in [-0.15, -0.1) is 0 Å². The molecule has 4 nitrogen and oxygen atoms in total. The fourth-order valence-corrected chi connectivity index (χ4v) is 0.770. The first-order valence-electron chi connectivity index (χ1n) is 3.82. The summed E-state index contributed by atoms with van der Waals surface area (Å²) in [4.78, 5) is 11.1. The molecule has 0 aromatic rings. The molecule has 0 spiro atoms. The largest absolute Gasteiger partial charge is 0.377 e. The van der Waals surface area contributed by atoms with Crippen molar-refractivity contribution in [2.45, 2.75) is 13.0 Å². The van der Waals surface area contributed by atoms with Gasteiger partial charge in [0.1, 0.15) is 0 Å². The summed E-state index contributed by atoms with van der Waals surface area (Å²) in [5.41, 5.74) is 5.32. The van der Waals surface area contributed by atoms with E-state index >= 15 is 0 Å². The van der Waals surface area contributed by atoms with Crippen molar-refractivity contribution in [1.82, 2.24) is 5.32 Å². The van der Waals surface area contributed by atoms with E-state index < -0.39 is 0 Å². The van der Waals surface area contributed by atoms with Crippen LogP contribution in [0.25, 0.3) is 0 Å². The summed E-state index contributed by atoms with van der Waals surface area (Å²) in [6.07, 6.45) is 0. The number of amides is 1. The molecule has 0 aliphatic carbocycles. The topological polar surface area (TPSA) is 64.4 Å². The van der Waals surface area contributed by atoms with Crippen molar-refractivity contribution in [3.8, 4) is 0 Å². The van der Waals surface area contributed by atoms with Crippen LogP contribution in [0.2, 0.25) is 0 Å². The van der Waals surface area contributed by atoms with Crippen LogP contribution in [-0.4, -0.2) is 31.7 Å². The van der Waals surface area contributed by atoms with Crippen molar-refractivity contribution in [3.63, 3.8) is 0 Å². The maximum absolute atomic E-state index is 11.1. The Labute approximate surface area is 66.1 Å². The molecule has 0 aromatic carbocycles. The Hall–Kier alpha value is -0.610. The number of nitrogens with one attached hydrogen (secondary N) is 1. The molecule has 1 saturated heterocycles. The second-order valence-electron chi connectivity index (χ2n) is 2.88. The monoisotopic (exact) mass is 158 g/mol. The number of carbonyl (C=O) groups is 1. The third kappa shape index (κ3) is 2.17. The Bertz CT molecular complexity index is 145. The van der Waals surface area contributed by atoms with Gasteiger partial charge in [-0.05, 0) is 0 Å². The molecule has 1 heterocycles. The van der Waals surface area contributed by atoms with Gasteiger partial charge in [-0.3, -0.25) is 4.79 Å². The molecule has 1 aliphatic rings. The van der Waals surface area contributed by atoms with E-state index in [9.17, 15) is 4.79 Å². The van der Waals surface area contributed by atoms with Crippen LogP contribution in [0.4, 0.5) is 0 Å². The van der Waals surface area contributed by atoms with Crippen molar-refractivity contribution in [1.29, 1.82) is 0 Å². The van der Waals surface area contributed by atoms with E-state index in [1.165, 1.54) is 0 Å². The first-order valence-corrected chi connectivity index (χ1v) is 3.82. The molecule has 1 unspecified atom stereocenters. The number of rotatable bonds is 3. The summed E-state index contributed by atoms with van der Waals surface area (Å²) in [5.74, 6) is -0.0589. The maximum atomic E-state index is 11.1. The molecule has 0 radical (unpaired) electrons. The van der Waals surface area contributed by atoms with Crippen LogP contribution in [-0.2, 0) is 9.53 Å². The third-order valence-corrected chi connectivity index (χ3v) is 1.79. The predicted molar refractivity (Wildman–Crippen MR) is 41.0 cm³/mol. The van der Waals surface area contributed by atoms with Gasteiger partial charge >= 0.3 is 0 Å². The lowest BCUT2D eigenvalue weighted by molar-refractivity contribution is -0.128. The molecule has 4 heteroatoms. The van der Waals surface area contributed by atoms with E-state index in [1.807, 2.05) is 6.92 Å². The van der Waals surface area contributed by atoms with Gasteiger partial charge in [-0.2, -0.15) is 0 Å². The van der Waals surface area contributed by atoms with E-state index in [1.54, 1.807) is 0 Å². The van der Waals surface area contributed by atoms with Gasteiger partial charge in [0.2, 0.25) is 5.91 Å². The highest BCUT2D eigenvalue weighted by Crippen LogP contribution is 2.01. The molecular formula is C7H14N2O2. The lowest BCUT2D eigenvalue weighted by atomic mass is 10.1. The first-order chi connectivity index (χ1) is 5.24. The van der Waals surface area contributed by atoms with E-state index in [-0.39, 0.29) is 17.9 Å². The summed E-state index contributed by atoms with van der Waals surface area (Å²) < 4.78 is 4.90. The van der Waals surface area contributed by atoms with Crippen LogP contribution < -0.4 is 11.1 Å². The highest BCUT2D eigenvalue weighted by molar-refractivity contribution is 5.78. The Kier molecular flexibility index (Phi) is 2.84. The average molecular weight is 158 g/mol. The van der Waals surface area contributed by atoms with E-state index in [2.05, 4.69) is 5.32 Å². The van der Waals surface area contributed by atoms with Crippen LogP contribution in [0.3, 0.4) is 0 Å². The van der Waals surface area contributed by atoms with E-state index in [4.69, 9.17) is 10.5 Å². The molecule has 1 amide bonds. The first kappa shape index (κ1) is 8.49. The average Bonchev–Trinajstić information content (AvgIpc) is 1.94. The zero-order valence-corrected chi connectivity index (χ0v) is 6.67. The summed E-state index contributed by atoms with van der Waals surface area (Å²) in [7, 11) is 0. The lowest BCUT2D eigenvalue weighted by Gasteiger charge is -2.27. The SMILES string of the molecule is CC(CN)C(=O)NC1COC1. The Balaban J connectivity index is 2.19. The van der Waals surface area contributed by atoms with Crippen molar-refractivity contribution >= 4 is 5.91 Å². The summed E-state index contributed by atoms with van der Waals surface area (Å²) in [6, 6.07) is 0.219. The van der Waals surface area contributed by atoms with E-state index in [0.717, 1.165) is 0 Å². The number of hydrogen-bond acceptors (Lipinski definition) is 3. The van der Waals surface area contributed by atoms with Crippen molar-refractivity contribution < 1.29 is 9.53 Å². The van der Waals surface area contributed by atoms with E-state index in [0.29, 0.717) is 19.8 Å². The third-order valence-electron chi connectivity index (χ3n) is 1.79. The van der Waals surface area contributed by atoms with Crippen molar-refractivity contribution in [3.05, 3.63) is 0 Å². The molecule has 1 fully saturated rings. The minimum atomic E-state index is -0.0874. The highest BCUT2D eigenvalue weighted by atomic mass is 16.5. The second-order valence-corrected chi connectivity index (χ2v) is 2.88. The van der Waals surface area contributed by atoms with Gasteiger partial charge in [0.05, 0.1) is 19.3 Å². The molecule has 3 N–H and O–H groups in total. The van der Waals surface area contributed by atoms with Crippen molar-refractivity contribution in [2.75, 3.05) is 19.8 Å². The summed E-state index contributed by atoms with van der Waals surface area (Å²) >= 11 is 0. The quantitative estimate of drug-likeness (QED) is 0.559.